The summed E-state index contributed by atoms with van der Waals surface area (Å²) in [5, 5.41) is 0.999. The van der Waals surface area contributed by atoms with Crippen molar-refractivity contribution in [3.8, 4) is 10.4 Å². The van der Waals surface area contributed by atoms with Crippen LogP contribution in [0.4, 0.5) is 0 Å². The summed E-state index contributed by atoms with van der Waals surface area (Å²) in [6.07, 6.45) is 4.99. The summed E-state index contributed by atoms with van der Waals surface area (Å²) in [6.45, 7) is 0. The normalized spacial score (nSPS) is 10.8. The third-order valence-corrected chi connectivity index (χ3v) is 5.05. The average molecular weight is 300 g/mol. The fraction of sp³-hybridized carbons (Fsp3) is 0.133. The van der Waals surface area contributed by atoms with Gasteiger partial charge in [0, 0.05) is 11.3 Å². The lowest BCUT2D eigenvalue weighted by molar-refractivity contribution is -0.107. The van der Waals surface area contributed by atoms with E-state index in [1.807, 2.05) is 24.5 Å². The standard InChI is InChI=1S/C15H12N2OS2/c1-19-15-14-12(16-9-17-15)8-13(20-14)11-5-3-2-4-10(11)6-7-18/h2-5,7-9H,6H2,1H3. The van der Waals surface area contributed by atoms with Gasteiger partial charge in [-0.05, 0) is 23.4 Å². The summed E-state index contributed by atoms with van der Waals surface area (Å²) < 4.78 is 1.11. The quantitative estimate of drug-likeness (QED) is 0.417. The molecule has 0 radical (unpaired) electrons. The van der Waals surface area contributed by atoms with E-state index in [9.17, 15) is 4.79 Å². The molecule has 5 heteroatoms. The van der Waals surface area contributed by atoms with E-state index in [0.29, 0.717) is 6.42 Å². The molecule has 0 spiro atoms. The summed E-state index contributed by atoms with van der Waals surface area (Å²) in [7, 11) is 0. The first-order valence-corrected chi connectivity index (χ1v) is 8.18. The summed E-state index contributed by atoms with van der Waals surface area (Å²) in [5.74, 6) is 0. The van der Waals surface area contributed by atoms with Gasteiger partial charge in [-0.2, -0.15) is 0 Å². The van der Waals surface area contributed by atoms with Crippen LogP contribution in [0.3, 0.4) is 0 Å². The minimum Gasteiger partial charge on any atom is -0.303 e. The third-order valence-electron chi connectivity index (χ3n) is 3.06. The molecule has 0 bridgehead atoms. The number of benzene rings is 1. The number of thioether (sulfide) groups is 1. The number of rotatable bonds is 4. The van der Waals surface area contributed by atoms with Crippen molar-refractivity contribution < 1.29 is 4.79 Å². The van der Waals surface area contributed by atoms with Crippen molar-refractivity contribution in [3.63, 3.8) is 0 Å². The molecule has 0 unspecified atom stereocenters. The van der Waals surface area contributed by atoms with Gasteiger partial charge in [0.2, 0.25) is 0 Å². The van der Waals surface area contributed by atoms with E-state index >= 15 is 0 Å². The van der Waals surface area contributed by atoms with Crippen LogP contribution in [0.25, 0.3) is 20.7 Å². The van der Waals surface area contributed by atoms with Crippen LogP contribution in [0.2, 0.25) is 0 Å². The predicted octanol–water partition coefficient (Wildman–Crippen LogP) is 3.82. The minimum atomic E-state index is 0.436. The van der Waals surface area contributed by atoms with Crippen molar-refractivity contribution in [2.45, 2.75) is 11.4 Å². The zero-order valence-corrected chi connectivity index (χ0v) is 12.5. The van der Waals surface area contributed by atoms with Gasteiger partial charge >= 0.3 is 0 Å². The second-order valence-corrected chi connectivity index (χ2v) is 6.08. The van der Waals surface area contributed by atoms with Crippen LogP contribution in [-0.4, -0.2) is 22.5 Å². The lowest BCUT2D eigenvalue weighted by atomic mass is 10.0. The maximum Gasteiger partial charge on any atom is 0.124 e. The van der Waals surface area contributed by atoms with E-state index in [4.69, 9.17) is 0 Å². The zero-order chi connectivity index (χ0) is 13.9. The van der Waals surface area contributed by atoms with Crippen molar-refractivity contribution in [1.29, 1.82) is 0 Å². The smallest absolute Gasteiger partial charge is 0.124 e. The first-order valence-electron chi connectivity index (χ1n) is 6.14. The highest BCUT2D eigenvalue weighted by molar-refractivity contribution is 7.98. The second-order valence-electron chi connectivity index (χ2n) is 4.24. The molecule has 0 fully saturated rings. The zero-order valence-electron chi connectivity index (χ0n) is 10.9. The van der Waals surface area contributed by atoms with Gasteiger partial charge in [0.25, 0.3) is 0 Å². The molecule has 0 atom stereocenters. The number of aromatic nitrogens is 2. The van der Waals surface area contributed by atoms with E-state index in [2.05, 4.69) is 22.1 Å². The van der Waals surface area contributed by atoms with Gasteiger partial charge in [-0.3, -0.25) is 0 Å². The van der Waals surface area contributed by atoms with Gasteiger partial charge in [-0.1, -0.05) is 24.3 Å². The Morgan fingerprint density at radius 3 is 2.95 bits per heavy atom. The van der Waals surface area contributed by atoms with Gasteiger partial charge in [-0.25, -0.2) is 9.97 Å². The molecular weight excluding hydrogens is 288 g/mol. The number of hydrogen-bond donors (Lipinski definition) is 0. The lowest BCUT2D eigenvalue weighted by Crippen LogP contribution is -1.88. The molecule has 2 heterocycles. The average Bonchev–Trinajstić information content (AvgIpc) is 2.92. The third kappa shape index (κ3) is 2.34. The van der Waals surface area contributed by atoms with E-state index < -0.39 is 0 Å². The molecule has 0 aliphatic carbocycles. The highest BCUT2D eigenvalue weighted by Gasteiger charge is 2.11. The van der Waals surface area contributed by atoms with Crippen LogP contribution >= 0.6 is 23.1 Å². The monoisotopic (exact) mass is 300 g/mol. The molecule has 2 aromatic heterocycles. The molecule has 1 aromatic carbocycles. The Bertz CT molecular complexity index is 767. The maximum absolute atomic E-state index is 10.8. The number of fused-ring (bicyclic) bond motifs is 1. The van der Waals surface area contributed by atoms with Gasteiger partial charge in [0.05, 0.1) is 10.2 Å². The number of carbonyl (C=O) groups is 1. The molecule has 0 saturated carbocycles. The highest BCUT2D eigenvalue weighted by Crippen LogP contribution is 2.37. The van der Waals surface area contributed by atoms with Crippen LogP contribution in [0.1, 0.15) is 5.56 Å². The molecule has 20 heavy (non-hydrogen) atoms. The topological polar surface area (TPSA) is 42.9 Å². The molecule has 0 aliphatic rings. The van der Waals surface area contributed by atoms with Crippen molar-refractivity contribution in [2.75, 3.05) is 6.26 Å². The largest absolute Gasteiger partial charge is 0.303 e. The maximum atomic E-state index is 10.8. The Labute approximate surface area is 125 Å². The van der Waals surface area contributed by atoms with Crippen molar-refractivity contribution >= 4 is 39.6 Å². The van der Waals surface area contributed by atoms with E-state index in [1.54, 1.807) is 29.4 Å². The number of hydrogen-bond acceptors (Lipinski definition) is 5. The molecule has 3 aromatic rings. The molecular formula is C15H12N2OS2. The van der Waals surface area contributed by atoms with Gasteiger partial charge in [-0.15, -0.1) is 23.1 Å². The van der Waals surface area contributed by atoms with E-state index in [1.165, 1.54) is 0 Å². The molecule has 0 amide bonds. The second kappa shape index (κ2) is 5.73. The van der Waals surface area contributed by atoms with Crippen LogP contribution in [0, 0.1) is 0 Å². The Kier molecular flexibility index (Phi) is 3.80. The number of nitrogens with zero attached hydrogens (tertiary/aromatic N) is 2. The van der Waals surface area contributed by atoms with E-state index in [0.717, 1.165) is 37.5 Å². The summed E-state index contributed by atoms with van der Waals surface area (Å²) >= 11 is 3.30. The van der Waals surface area contributed by atoms with Gasteiger partial charge in [0.1, 0.15) is 17.6 Å². The molecule has 0 saturated heterocycles. The first kappa shape index (κ1) is 13.3. The molecule has 0 aliphatic heterocycles. The first-order chi connectivity index (χ1) is 9.83. The number of thiophene rings is 1. The van der Waals surface area contributed by atoms with E-state index in [-0.39, 0.29) is 0 Å². The SMILES string of the molecule is CSc1ncnc2cc(-c3ccccc3CC=O)sc12. The fourth-order valence-electron chi connectivity index (χ4n) is 2.14. The minimum absolute atomic E-state index is 0.436. The van der Waals surface area contributed by atoms with Crippen molar-refractivity contribution in [3.05, 3.63) is 42.2 Å². The summed E-state index contributed by atoms with van der Waals surface area (Å²) in [4.78, 5) is 20.6. The van der Waals surface area contributed by atoms with Crippen LogP contribution < -0.4 is 0 Å². The van der Waals surface area contributed by atoms with Crippen LogP contribution in [-0.2, 0) is 11.2 Å². The van der Waals surface area contributed by atoms with Gasteiger partial charge < -0.3 is 4.79 Å². The van der Waals surface area contributed by atoms with Crippen LogP contribution in [0.15, 0.2) is 41.7 Å². The molecule has 3 rings (SSSR count). The van der Waals surface area contributed by atoms with Crippen molar-refractivity contribution in [1.82, 2.24) is 9.97 Å². The Morgan fingerprint density at radius 1 is 1.30 bits per heavy atom. The Balaban J connectivity index is 2.18. The molecule has 3 nitrogen and oxygen atoms in total. The number of aldehydes is 1. The molecule has 100 valence electrons. The van der Waals surface area contributed by atoms with Crippen LogP contribution in [0.5, 0.6) is 0 Å². The predicted molar refractivity (Wildman–Crippen MR) is 84.4 cm³/mol. The van der Waals surface area contributed by atoms with Gasteiger partial charge in [0.15, 0.2) is 0 Å². The van der Waals surface area contributed by atoms with Crippen molar-refractivity contribution in [2.24, 2.45) is 0 Å². The Hall–Kier alpha value is -1.72. The highest BCUT2D eigenvalue weighted by atomic mass is 32.2. The lowest BCUT2D eigenvalue weighted by Gasteiger charge is -2.03. The number of carbonyl (C=O) groups excluding carboxylic acids is 1. The molecule has 0 N–H and O–H groups in total. The fourth-order valence-corrected chi connectivity index (χ4v) is 4.01. The Morgan fingerprint density at radius 2 is 2.15 bits per heavy atom. The summed E-state index contributed by atoms with van der Waals surface area (Å²) in [5.41, 5.74) is 3.12. The summed E-state index contributed by atoms with van der Waals surface area (Å²) in [6, 6.07) is 10.1.